The van der Waals surface area contributed by atoms with E-state index in [1.54, 1.807) is 0 Å². The number of benzene rings is 2. The quantitative estimate of drug-likeness (QED) is 0.837. The minimum atomic E-state index is 0.687. The molecule has 2 N–H and O–H groups in total. The largest absolute Gasteiger partial charge is 0.398 e. The first-order valence-corrected chi connectivity index (χ1v) is 6.87. The number of anilines is 1. The molecule has 0 heterocycles. The van der Waals surface area contributed by atoms with Crippen LogP contribution in [0, 0.1) is 0 Å². The van der Waals surface area contributed by atoms with Crippen LogP contribution in [0.4, 0.5) is 5.69 Å². The van der Waals surface area contributed by atoms with Gasteiger partial charge in [-0.15, -0.1) is 0 Å². The predicted molar refractivity (Wildman–Crippen MR) is 82.1 cm³/mol. The molecule has 2 aromatic rings. The van der Waals surface area contributed by atoms with Gasteiger partial charge in [-0.25, -0.2) is 0 Å². The zero-order chi connectivity index (χ0) is 13.7. The summed E-state index contributed by atoms with van der Waals surface area (Å²) in [7, 11) is 0. The number of rotatable bonds is 5. The second-order valence-electron chi connectivity index (χ2n) is 4.63. The average Bonchev–Trinajstić information content (AvgIpc) is 2.42. The van der Waals surface area contributed by atoms with Crippen molar-refractivity contribution in [2.75, 3.05) is 12.3 Å². The van der Waals surface area contributed by atoms with Crippen LogP contribution in [-0.2, 0) is 13.1 Å². The van der Waals surface area contributed by atoms with E-state index >= 15 is 0 Å². The highest BCUT2D eigenvalue weighted by Crippen LogP contribution is 2.20. The Morgan fingerprint density at radius 1 is 1.05 bits per heavy atom. The minimum Gasteiger partial charge on any atom is -0.398 e. The van der Waals surface area contributed by atoms with Crippen LogP contribution in [0.3, 0.4) is 0 Å². The van der Waals surface area contributed by atoms with E-state index in [1.807, 2.05) is 24.3 Å². The number of nitrogens with two attached hydrogens (primary N) is 1. The summed E-state index contributed by atoms with van der Waals surface area (Å²) in [5.74, 6) is 0. The summed E-state index contributed by atoms with van der Waals surface area (Å²) in [6, 6.07) is 16.2. The molecule has 0 atom stereocenters. The van der Waals surface area contributed by atoms with Gasteiger partial charge in [-0.1, -0.05) is 54.9 Å². The molecule has 2 nitrogen and oxygen atoms in total. The Bertz CT molecular complexity index is 526. The monoisotopic (exact) mass is 274 g/mol. The SMILES string of the molecule is CCN(Cc1ccccc1)Cc1ccc(Cl)cc1N. The van der Waals surface area contributed by atoms with E-state index in [0.29, 0.717) is 5.02 Å². The minimum absolute atomic E-state index is 0.687. The van der Waals surface area contributed by atoms with E-state index in [-0.39, 0.29) is 0 Å². The number of hydrogen-bond acceptors (Lipinski definition) is 2. The molecule has 0 spiro atoms. The van der Waals surface area contributed by atoms with Gasteiger partial charge in [0.15, 0.2) is 0 Å². The fraction of sp³-hybridized carbons (Fsp3) is 0.250. The van der Waals surface area contributed by atoms with Gasteiger partial charge in [-0.3, -0.25) is 4.90 Å². The maximum atomic E-state index is 6.01. The average molecular weight is 275 g/mol. The number of hydrogen-bond donors (Lipinski definition) is 1. The number of nitrogens with zero attached hydrogens (tertiary/aromatic N) is 1. The lowest BCUT2D eigenvalue weighted by atomic mass is 10.1. The van der Waals surface area contributed by atoms with Crippen molar-refractivity contribution >= 4 is 17.3 Å². The Morgan fingerprint density at radius 3 is 2.42 bits per heavy atom. The highest BCUT2D eigenvalue weighted by atomic mass is 35.5. The van der Waals surface area contributed by atoms with Crippen LogP contribution in [0.5, 0.6) is 0 Å². The second kappa shape index (κ2) is 6.60. The Morgan fingerprint density at radius 2 is 1.79 bits per heavy atom. The first kappa shape index (κ1) is 13.9. The maximum absolute atomic E-state index is 6.01. The molecule has 2 rings (SSSR count). The summed E-state index contributed by atoms with van der Waals surface area (Å²) in [5, 5.41) is 0.687. The van der Waals surface area contributed by atoms with Crippen molar-refractivity contribution < 1.29 is 0 Å². The van der Waals surface area contributed by atoms with Crippen LogP contribution in [0.15, 0.2) is 48.5 Å². The molecule has 0 bridgehead atoms. The fourth-order valence-electron chi connectivity index (χ4n) is 2.07. The lowest BCUT2D eigenvalue weighted by Crippen LogP contribution is -2.22. The van der Waals surface area contributed by atoms with Crippen LogP contribution < -0.4 is 5.73 Å². The van der Waals surface area contributed by atoms with Gasteiger partial charge >= 0.3 is 0 Å². The summed E-state index contributed by atoms with van der Waals surface area (Å²) >= 11 is 5.92. The van der Waals surface area contributed by atoms with Gasteiger partial charge in [0.25, 0.3) is 0 Å². The van der Waals surface area contributed by atoms with Gasteiger partial charge in [-0.05, 0) is 29.8 Å². The number of halogens is 1. The van der Waals surface area contributed by atoms with E-state index in [1.165, 1.54) is 5.56 Å². The third-order valence-corrected chi connectivity index (χ3v) is 3.43. The zero-order valence-corrected chi connectivity index (χ0v) is 11.9. The molecule has 0 aromatic heterocycles. The molecule has 0 aliphatic carbocycles. The number of nitrogen functional groups attached to an aromatic ring is 1. The molecule has 19 heavy (non-hydrogen) atoms. The zero-order valence-electron chi connectivity index (χ0n) is 11.1. The Labute approximate surface area is 119 Å². The van der Waals surface area contributed by atoms with E-state index in [9.17, 15) is 0 Å². The van der Waals surface area contributed by atoms with Gasteiger partial charge in [0.05, 0.1) is 0 Å². The van der Waals surface area contributed by atoms with Crippen LogP contribution in [0.2, 0.25) is 5.02 Å². The standard InChI is InChI=1S/C16H19ClN2/c1-2-19(11-13-6-4-3-5-7-13)12-14-8-9-15(17)10-16(14)18/h3-10H,2,11-12,18H2,1H3. The first-order chi connectivity index (χ1) is 9.19. The third kappa shape index (κ3) is 3.98. The van der Waals surface area contributed by atoms with Crippen LogP contribution in [0.25, 0.3) is 0 Å². The van der Waals surface area contributed by atoms with Crippen molar-refractivity contribution in [3.63, 3.8) is 0 Å². The van der Waals surface area contributed by atoms with Crippen molar-refractivity contribution in [1.82, 2.24) is 4.90 Å². The molecule has 0 amide bonds. The molecule has 100 valence electrons. The van der Waals surface area contributed by atoms with Crippen LogP contribution in [0.1, 0.15) is 18.1 Å². The highest BCUT2D eigenvalue weighted by Gasteiger charge is 2.07. The topological polar surface area (TPSA) is 29.3 Å². The second-order valence-corrected chi connectivity index (χ2v) is 5.07. The molecule has 0 unspecified atom stereocenters. The van der Waals surface area contributed by atoms with Gasteiger partial charge in [-0.2, -0.15) is 0 Å². The molecule has 2 aromatic carbocycles. The molecule has 0 aliphatic heterocycles. The summed E-state index contributed by atoms with van der Waals surface area (Å²) < 4.78 is 0. The Balaban J connectivity index is 2.06. The third-order valence-electron chi connectivity index (χ3n) is 3.20. The normalized spacial score (nSPS) is 10.9. The Hall–Kier alpha value is -1.51. The molecular formula is C16H19ClN2. The van der Waals surface area contributed by atoms with E-state index < -0.39 is 0 Å². The van der Waals surface area contributed by atoms with Crippen LogP contribution >= 0.6 is 11.6 Å². The molecular weight excluding hydrogens is 256 g/mol. The summed E-state index contributed by atoms with van der Waals surface area (Å²) in [4.78, 5) is 2.36. The van der Waals surface area contributed by atoms with E-state index in [2.05, 4.69) is 36.1 Å². The fourth-order valence-corrected chi connectivity index (χ4v) is 2.25. The molecule has 0 radical (unpaired) electrons. The molecule has 3 heteroatoms. The van der Waals surface area contributed by atoms with Gasteiger partial charge in [0.1, 0.15) is 0 Å². The summed E-state index contributed by atoms with van der Waals surface area (Å²) in [5.41, 5.74) is 9.21. The lowest BCUT2D eigenvalue weighted by Gasteiger charge is -2.21. The van der Waals surface area contributed by atoms with Gasteiger partial charge in [0, 0.05) is 23.8 Å². The smallest absolute Gasteiger partial charge is 0.0426 e. The van der Waals surface area contributed by atoms with Crippen molar-refractivity contribution in [1.29, 1.82) is 0 Å². The van der Waals surface area contributed by atoms with Crippen molar-refractivity contribution in [2.45, 2.75) is 20.0 Å². The van der Waals surface area contributed by atoms with Gasteiger partial charge in [0.2, 0.25) is 0 Å². The van der Waals surface area contributed by atoms with Crippen LogP contribution in [-0.4, -0.2) is 11.4 Å². The van der Waals surface area contributed by atoms with Gasteiger partial charge < -0.3 is 5.73 Å². The maximum Gasteiger partial charge on any atom is 0.0426 e. The summed E-state index contributed by atoms with van der Waals surface area (Å²) in [6.45, 7) is 4.92. The van der Waals surface area contributed by atoms with Crippen molar-refractivity contribution in [3.05, 3.63) is 64.7 Å². The van der Waals surface area contributed by atoms with E-state index in [4.69, 9.17) is 17.3 Å². The lowest BCUT2D eigenvalue weighted by molar-refractivity contribution is 0.272. The summed E-state index contributed by atoms with van der Waals surface area (Å²) in [6.07, 6.45) is 0. The highest BCUT2D eigenvalue weighted by molar-refractivity contribution is 6.30. The molecule has 0 aliphatic rings. The van der Waals surface area contributed by atoms with Crippen molar-refractivity contribution in [3.8, 4) is 0 Å². The first-order valence-electron chi connectivity index (χ1n) is 6.49. The van der Waals surface area contributed by atoms with E-state index in [0.717, 1.165) is 30.9 Å². The Kier molecular flexibility index (Phi) is 4.83. The molecule has 0 fully saturated rings. The van der Waals surface area contributed by atoms with Crippen molar-refractivity contribution in [2.24, 2.45) is 0 Å². The molecule has 0 saturated heterocycles. The predicted octanol–water partition coefficient (Wildman–Crippen LogP) is 3.94. The molecule has 0 saturated carbocycles.